The van der Waals surface area contributed by atoms with Gasteiger partial charge in [0.05, 0.1) is 5.75 Å². The fraction of sp³-hybridized carbons (Fsp3) is 0.133. The summed E-state index contributed by atoms with van der Waals surface area (Å²) in [6.45, 7) is 1.15. The Hall–Kier alpha value is -1.31. The predicted octanol–water partition coefficient (Wildman–Crippen LogP) is -2.23. The van der Waals surface area contributed by atoms with Crippen molar-refractivity contribution in [2.24, 2.45) is 5.84 Å². The fourth-order valence-corrected chi connectivity index (χ4v) is 2.91. The van der Waals surface area contributed by atoms with Crippen molar-refractivity contribution in [2.45, 2.75) is 6.92 Å². The van der Waals surface area contributed by atoms with Crippen LogP contribution in [-0.2, 0) is 24.1 Å². The van der Waals surface area contributed by atoms with Crippen molar-refractivity contribution in [3.63, 3.8) is 0 Å². The summed E-state index contributed by atoms with van der Waals surface area (Å²) in [5.41, 5.74) is 5.47. The maximum absolute atomic E-state index is 10.8. The molecular formula is C15H17N2NaO7S2. The van der Waals surface area contributed by atoms with E-state index in [-0.39, 0.29) is 35.5 Å². The van der Waals surface area contributed by atoms with Gasteiger partial charge in [0, 0.05) is 5.56 Å². The minimum absolute atomic E-state index is 0. The van der Waals surface area contributed by atoms with E-state index in [9.17, 15) is 26.2 Å². The Morgan fingerprint density at radius 2 is 1.44 bits per heavy atom. The fourth-order valence-electron chi connectivity index (χ4n) is 1.51. The van der Waals surface area contributed by atoms with Gasteiger partial charge in [0.25, 0.3) is 16.0 Å². The zero-order valence-electron chi connectivity index (χ0n) is 14.7. The van der Waals surface area contributed by atoms with Gasteiger partial charge in [-0.1, -0.05) is 42.5 Å². The van der Waals surface area contributed by atoms with Crippen LogP contribution in [0.3, 0.4) is 0 Å². The Bertz CT molecular complexity index is 911. The summed E-state index contributed by atoms with van der Waals surface area (Å²) in [6, 6.07) is 17.3. The Morgan fingerprint density at radius 3 is 1.67 bits per heavy atom. The molecular weight excluding hydrogens is 407 g/mol. The van der Waals surface area contributed by atoms with Gasteiger partial charge < -0.3 is 4.55 Å². The van der Waals surface area contributed by atoms with Crippen LogP contribution in [0.2, 0.25) is 0 Å². The molecule has 1 aromatic carbocycles. The van der Waals surface area contributed by atoms with Gasteiger partial charge >= 0.3 is 29.6 Å². The molecule has 0 unspecified atom stereocenters. The topological polar surface area (TPSA) is 156 Å². The molecule has 1 amide bonds. The summed E-state index contributed by atoms with van der Waals surface area (Å²) in [5.74, 6) is 4.09. The van der Waals surface area contributed by atoms with Gasteiger partial charge in [0.2, 0.25) is 10.4 Å². The van der Waals surface area contributed by atoms with E-state index < -0.39 is 26.3 Å². The third kappa shape index (κ3) is 9.98. The molecule has 0 atom stereocenters. The van der Waals surface area contributed by atoms with Crippen LogP contribution in [0, 0.1) is 0 Å². The second-order valence-electron chi connectivity index (χ2n) is 4.74. The van der Waals surface area contributed by atoms with E-state index in [0.29, 0.717) is 5.56 Å². The summed E-state index contributed by atoms with van der Waals surface area (Å²) in [7, 11) is -9.31. The number of fused-ring (bicyclic) bond motifs is 1. The number of amides is 1. The first kappa shape index (κ1) is 25.7. The van der Waals surface area contributed by atoms with Crippen molar-refractivity contribution in [3.8, 4) is 11.1 Å². The second kappa shape index (κ2) is 11.5. The van der Waals surface area contributed by atoms with Gasteiger partial charge in [0.1, 0.15) is 0 Å². The Morgan fingerprint density at radius 1 is 1.00 bits per heavy atom. The maximum Gasteiger partial charge on any atom is 1.00 e. The molecule has 27 heavy (non-hydrogen) atoms. The van der Waals surface area contributed by atoms with Crippen molar-refractivity contribution in [2.75, 3.05) is 5.75 Å². The summed E-state index contributed by atoms with van der Waals surface area (Å²) in [5, 5.41) is 0. The first-order valence-electron chi connectivity index (χ1n) is 7.14. The number of carbonyl (C=O) groups is 1. The summed E-state index contributed by atoms with van der Waals surface area (Å²) in [4.78, 5) is 10.8. The molecule has 0 bridgehead atoms. The van der Waals surface area contributed by atoms with Crippen LogP contribution in [0.4, 0.5) is 0 Å². The molecule has 0 spiro atoms. The zero-order chi connectivity index (χ0) is 19.8. The van der Waals surface area contributed by atoms with Crippen LogP contribution in [-0.4, -0.2) is 33.0 Å². The van der Waals surface area contributed by atoms with E-state index in [0.717, 1.165) is 6.92 Å². The number of hydrazine groups is 1. The number of rotatable bonds is 4. The number of hydrogen-bond acceptors (Lipinski definition) is 8. The quantitative estimate of drug-likeness (QED) is 0.119. The van der Waals surface area contributed by atoms with Crippen LogP contribution in [0.1, 0.15) is 17.3 Å². The average Bonchev–Trinajstić information content (AvgIpc) is 2.57. The van der Waals surface area contributed by atoms with Crippen LogP contribution in [0.5, 0.6) is 0 Å². The molecule has 2 aliphatic rings. The minimum atomic E-state index is -5.13. The predicted molar refractivity (Wildman–Crippen MR) is 93.8 cm³/mol. The Balaban J connectivity index is 0.000000377. The standard InChI is InChI=1S/C7H8N2O.C6H4.C2H6O6S2.Na/c8-9-7(10)6-4-2-1-3-5-6;1-2-6-4-3-5(1)6;1-2-9(3,4)8-10(5,6)7;/h1-5H,8H2,(H,9,10);1-4H;2H2,1H3,(H,5,6,7);/q;;;+1/p-1. The molecule has 0 aliphatic heterocycles. The van der Waals surface area contributed by atoms with Crippen molar-refractivity contribution >= 4 is 26.4 Å². The third-order valence-electron chi connectivity index (χ3n) is 2.93. The number of benzene rings is 2. The van der Waals surface area contributed by atoms with Gasteiger partial charge in [-0.3, -0.25) is 10.2 Å². The average molecular weight is 424 g/mol. The zero-order valence-corrected chi connectivity index (χ0v) is 18.3. The molecule has 0 radical (unpaired) electrons. The van der Waals surface area contributed by atoms with Gasteiger partial charge in [-0.2, -0.15) is 12.0 Å². The molecule has 1 aromatic rings. The van der Waals surface area contributed by atoms with Crippen LogP contribution < -0.4 is 40.8 Å². The molecule has 3 rings (SSSR count). The number of carbonyl (C=O) groups excluding carboxylic acids is 1. The van der Waals surface area contributed by atoms with Crippen molar-refractivity contribution < 1.29 is 59.4 Å². The SMILES string of the molecule is CCS(=O)(=O)OS(=O)(=O)[O-].NNC(=O)c1ccccc1.[Na+].c1cc2ccc1-2. The first-order chi connectivity index (χ1) is 12.1. The van der Waals surface area contributed by atoms with E-state index in [1.165, 1.54) is 11.1 Å². The summed E-state index contributed by atoms with van der Waals surface area (Å²) < 4.78 is 52.5. The summed E-state index contributed by atoms with van der Waals surface area (Å²) >= 11 is 0. The van der Waals surface area contributed by atoms with Gasteiger partial charge in [0.15, 0.2) is 0 Å². The smallest absolute Gasteiger partial charge is 0.725 e. The van der Waals surface area contributed by atoms with Crippen molar-refractivity contribution in [1.82, 2.24) is 5.43 Å². The molecule has 12 heteroatoms. The molecule has 9 nitrogen and oxygen atoms in total. The molecule has 0 saturated carbocycles. The van der Waals surface area contributed by atoms with Crippen molar-refractivity contribution in [3.05, 3.63) is 60.2 Å². The van der Waals surface area contributed by atoms with E-state index in [1.807, 2.05) is 11.5 Å². The number of nitrogens with two attached hydrogens (primary N) is 1. The summed E-state index contributed by atoms with van der Waals surface area (Å²) in [6.07, 6.45) is 0. The van der Waals surface area contributed by atoms with Crippen LogP contribution in [0.15, 0.2) is 54.6 Å². The van der Waals surface area contributed by atoms with Gasteiger partial charge in [-0.25, -0.2) is 14.3 Å². The molecule has 0 heterocycles. The van der Waals surface area contributed by atoms with Crippen LogP contribution >= 0.6 is 0 Å². The molecule has 0 fully saturated rings. The van der Waals surface area contributed by atoms with Gasteiger partial charge in [-0.15, -0.1) is 0 Å². The van der Waals surface area contributed by atoms with E-state index in [4.69, 9.17) is 5.84 Å². The molecule has 2 aliphatic carbocycles. The molecule has 0 saturated heterocycles. The van der Waals surface area contributed by atoms with E-state index in [2.05, 4.69) is 27.9 Å². The second-order valence-corrected chi connectivity index (χ2v) is 7.79. The monoisotopic (exact) mass is 424 g/mol. The normalized spacial score (nSPS) is 10.8. The van der Waals surface area contributed by atoms with E-state index >= 15 is 0 Å². The Labute approximate surface area is 180 Å². The minimum Gasteiger partial charge on any atom is -0.725 e. The van der Waals surface area contributed by atoms with Gasteiger partial charge in [-0.05, 0) is 30.2 Å². The first-order valence-corrected chi connectivity index (χ1v) is 10.0. The number of nitrogens with one attached hydrogen (secondary N) is 1. The maximum atomic E-state index is 10.8. The molecule has 3 N–H and O–H groups in total. The van der Waals surface area contributed by atoms with E-state index in [1.54, 1.807) is 24.3 Å². The largest absolute Gasteiger partial charge is 1.00 e. The number of nitrogen functional groups attached to an aromatic ring is 1. The van der Waals surface area contributed by atoms with Crippen LogP contribution in [0.25, 0.3) is 11.1 Å². The third-order valence-corrected chi connectivity index (χ3v) is 5.13. The number of hydrogen-bond donors (Lipinski definition) is 2. The van der Waals surface area contributed by atoms with Crippen molar-refractivity contribution in [1.29, 1.82) is 0 Å². The Kier molecular flexibility index (Phi) is 11.0. The molecule has 0 aromatic heterocycles. The molecule has 142 valence electrons.